The smallest absolute Gasteiger partial charge is 0.209 e. The third-order valence-corrected chi connectivity index (χ3v) is 2.67. The van der Waals surface area contributed by atoms with Crippen LogP contribution in [0, 0.1) is 0 Å². The van der Waals surface area contributed by atoms with E-state index in [9.17, 15) is 4.79 Å². The summed E-state index contributed by atoms with van der Waals surface area (Å²) in [4.78, 5) is 16.4. The van der Waals surface area contributed by atoms with Crippen LogP contribution in [0.2, 0.25) is 0 Å². The number of likely N-dealkylation sites (tertiary alicyclic amines) is 1. The quantitative estimate of drug-likeness (QED) is 0.721. The number of aromatic nitrogens is 1. The molecule has 1 aromatic heterocycles. The molecule has 0 aromatic carbocycles. The standard InChI is InChI=1S/C12H16N2O2/c1-9(2)16-12-3-4-13-5-11(12)10-6-14(7-10)8-15/h3-5,8-10H,6-7H2,1-2H3. The van der Waals surface area contributed by atoms with Crippen LogP contribution >= 0.6 is 0 Å². The van der Waals surface area contributed by atoms with Crippen LogP contribution in [0.15, 0.2) is 18.5 Å². The van der Waals surface area contributed by atoms with Crippen LogP contribution in [0.5, 0.6) is 5.75 Å². The van der Waals surface area contributed by atoms with Crippen molar-refractivity contribution in [3.05, 3.63) is 24.0 Å². The maximum atomic E-state index is 10.5. The average molecular weight is 220 g/mol. The van der Waals surface area contributed by atoms with E-state index in [-0.39, 0.29) is 6.10 Å². The molecule has 2 rings (SSSR count). The van der Waals surface area contributed by atoms with Gasteiger partial charge in [0.1, 0.15) is 5.75 Å². The van der Waals surface area contributed by atoms with Gasteiger partial charge in [0.05, 0.1) is 6.10 Å². The Kier molecular flexibility index (Phi) is 3.08. The zero-order valence-corrected chi connectivity index (χ0v) is 9.59. The molecule has 0 unspecified atom stereocenters. The molecule has 2 heterocycles. The first-order valence-corrected chi connectivity index (χ1v) is 5.50. The van der Waals surface area contributed by atoms with Crippen molar-refractivity contribution in [1.82, 2.24) is 9.88 Å². The lowest BCUT2D eigenvalue weighted by atomic mass is 9.92. The van der Waals surface area contributed by atoms with Crippen LogP contribution in [-0.2, 0) is 4.79 Å². The Bertz CT molecular complexity index is 373. The van der Waals surface area contributed by atoms with Crippen LogP contribution in [0.1, 0.15) is 25.3 Å². The highest BCUT2D eigenvalue weighted by Crippen LogP contribution is 2.32. The van der Waals surface area contributed by atoms with Gasteiger partial charge in [-0.2, -0.15) is 0 Å². The van der Waals surface area contributed by atoms with Gasteiger partial charge in [-0.25, -0.2) is 0 Å². The Labute approximate surface area is 95.2 Å². The van der Waals surface area contributed by atoms with Crippen molar-refractivity contribution in [3.63, 3.8) is 0 Å². The fraction of sp³-hybridized carbons (Fsp3) is 0.500. The van der Waals surface area contributed by atoms with Crippen LogP contribution in [-0.4, -0.2) is 35.5 Å². The van der Waals surface area contributed by atoms with E-state index in [0.717, 1.165) is 30.8 Å². The van der Waals surface area contributed by atoms with Crippen LogP contribution in [0.4, 0.5) is 0 Å². The Morgan fingerprint density at radius 1 is 1.56 bits per heavy atom. The zero-order valence-electron chi connectivity index (χ0n) is 9.59. The van der Waals surface area contributed by atoms with E-state index in [1.165, 1.54) is 0 Å². The SMILES string of the molecule is CC(C)Oc1ccncc1C1CN(C=O)C1. The topological polar surface area (TPSA) is 42.4 Å². The van der Waals surface area contributed by atoms with Gasteiger partial charge in [-0.3, -0.25) is 9.78 Å². The van der Waals surface area contributed by atoms with Crippen LogP contribution in [0.25, 0.3) is 0 Å². The van der Waals surface area contributed by atoms with E-state index >= 15 is 0 Å². The monoisotopic (exact) mass is 220 g/mol. The van der Waals surface area contributed by atoms with E-state index in [1.54, 1.807) is 11.1 Å². The minimum atomic E-state index is 0.156. The number of pyridine rings is 1. The van der Waals surface area contributed by atoms with Crippen LogP contribution < -0.4 is 4.74 Å². The van der Waals surface area contributed by atoms with Crippen molar-refractivity contribution in [2.24, 2.45) is 0 Å². The molecule has 86 valence electrons. The molecule has 0 N–H and O–H groups in total. The number of carbonyl (C=O) groups is 1. The van der Waals surface area contributed by atoms with Gasteiger partial charge in [-0.05, 0) is 19.9 Å². The Hall–Kier alpha value is -1.58. The maximum absolute atomic E-state index is 10.5. The number of hydrogen-bond donors (Lipinski definition) is 0. The predicted octanol–water partition coefficient (Wildman–Crippen LogP) is 1.42. The molecule has 0 bridgehead atoms. The average Bonchev–Trinajstić information content (AvgIpc) is 2.18. The second-order valence-electron chi connectivity index (χ2n) is 4.34. The van der Waals surface area contributed by atoms with Crippen LogP contribution in [0.3, 0.4) is 0 Å². The summed E-state index contributed by atoms with van der Waals surface area (Å²) >= 11 is 0. The number of hydrogen-bond acceptors (Lipinski definition) is 3. The first-order chi connectivity index (χ1) is 7.70. The van der Waals surface area contributed by atoms with Gasteiger partial charge in [0.2, 0.25) is 6.41 Å². The molecule has 1 saturated heterocycles. The molecule has 0 saturated carbocycles. The number of amides is 1. The molecule has 0 aliphatic carbocycles. The Morgan fingerprint density at radius 3 is 2.94 bits per heavy atom. The summed E-state index contributed by atoms with van der Waals surface area (Å²) in [6.45, 7) is 5.54. The van der Waals surface area contributed by atoms with Gasteiger partial charge in [0.25, 0.3) is 0 Å². The summed E-state index contributed by atoms with van der Waals surface area (Å²) in [7, 11) is 0. The Morgan fingerprint density at radius 2 is 2.31 bits per heavy atom. The third-order valence-electron chi connectivity index (χ3n) is 2.67. The lowest BCUT2D eigenvalue weighted by molar-refractivity contribution is -0.122. The molecule has 16 heavy (non-hydrogen) atoms. The third kappa shape index (κ3) is 2.15. The summed E-state index contributed by atoms with van der Waals surface area (Å²) in [5.41, 5.74) is 1.11. The van der Waals surface area contributed by atoms with Gasteiger partial charge in [-0.15, -0.1) is 0 Å². The predicted molar refractivity (Wildman–Crippen MR) is 60.4 cm³/mol. The number of rotatable bonds is 4. The van der Waals surface area contributed by atoms with E-state index < -0.39 is 0 Å². The highest BCUT2D eigenvalue weighted by atomic mass is 16.5. The molecule has 4 nitrogen and oxygen atoms in total. The van der Waals surface area contributed by atoms with E-state index in [0.29, 0.717) is 5.92 Å². The lowest BCUT2D eigenvalue weighted by Gasteiger charge is -2.37. The molecule has 0 spiro atoms. The van der Waals surface area contributed by atoms with Gasteiger partial charge in [-0.1, -0.05) is 0 Å². The molecular formula is C12H16N2O2. The highest BCUT2D eigenvalue weighted by molar-refractivity contribution is 5.51. The summed E-state index contributed by atoms with van der Waals surface area (Å²) < 4.78 is 5.72. The largest absolute Gasteiger partial charge is 0.491 e. The summed E-state index contributed by atoms with van der Waals surface area (Å²) in [6.07, 6.45) is 4.61. The molecule has 1 fully saturated rings. The molecule has 1 aliphatic rings. The van der Waals surface area contributed by atoms with Gasteiger partial charge >= 0.3 is 0 Å². The minimum Gasteiger partial charge on any atom is -0.491 e. The number of ether oxygens (including phenoxy) is 1. The van der Waals surface area contributed by atoms with Crippen molar-refractivity contribution in [1.29, 1.82) is 0 Å². The fourth-order valence-corrected chi connectivity index (χ4v) is 1.86. The summed E-state index contributed by atoms with van der Waals surface area (Å²) in [5, 5.41) is 0. The van der Waals surface area contributed by atoms with E-state index in [2.05, 4.69) is 4.98 Å². The van der Waals surface area contributed by atoms with Crippen molar-refractivity contribution in [2.75, 3.05) is 13.1 Å². The maximum Gasteiger partial charge on any atom is 0.209 e. The first-order valence-electron chi connectivity index (χ1n) is 5.50. The summed E-state index contributed by atoms with van der Waals surface area (Å²) in [6, 6.07) is 1.89. The van der Waals surface area contributed by atoms with Gasteiger partial charge in [0, 0.05) is 37.0 Å². The fourth-order valence-electron chi connectivity index (χ4n) is 1.86. The van der Waals surface area contributed by atoms with Gasteiger partial charge in [0.15, 0.2) is 0 Å². The van der Waals surface area contributed by atoms with Crippen molar-refractivity contribution < 1.29 is 9.53 Å². The molecule has 1 aromatic rings. The van der Waals surface area contributed by atoms with Gasteiger partial charge < -0.3 is 9.64 Å². The molecule has 0 radical (unpaired) electrons. The molecular weight excluding hydrogens is 204 g/mol. The lowest BCUT2D eigenvalue weighted by Crippen LogP contribution is -2.43. The summed E-state index contributed by atoms with van der Waals surface area (Å²) in [5.74, 6) is 1.26. The normalized spacial score (nSPS) is 16.1. The van der Waals surface area contributed by atoms with Crippen molar-refractivity contribution in [3.8, 4) is 5.75 Å². The molecule has 1 amide bonds. The van der Waals surface area contributed by atoms with Crippen molar-refractivity contribution in [2.45, 2.75) is 25.9 Å². The van der Waals surface area contributed by atoms with E-state index in [1.807, 2.05) is 26.1 Å². The molecule has 1 aliphatic heterocycles. The van der Waals surface area contributed by atoms with Crippen molar-refractivity contribution >= 4 is 6.41 Å². The molecule has 4 heteroatoms. The second-order valence-corrected chi connectivity index (χ2v) is 4.34. The minimum absolute atomic E-state index is 0.156. The Balaban J connectivity index is 2.11. The first kappa shape index (κ1) is 10.9. The van der Waals surface area contributed by atoms with E-state index in [4.69, 9.17) is 4.74 Å². The molecule has 0 atom stereocenters. The number of nitrogens with zero attached hydrogens (tertiary/aromatic N) is 2. The zero-order chi connectivity index (χ0) is 11.5. The second kappa shape index (κ2) is 4.51. The highest BCUT2D eigenvalue weighted by Gasteiger charge is 2.29. The number of carbonyl (C=O) groups excluding carboxylic acids is 1.